The number of benzene rings is 2. The fraction of sp³-hybridized carbons (Fsp3) is 0.409. The van der Waals surface area contributed by atoms with E-state index in [2.05, 4.69) is 59.6 Å². The molecular formula is C22H30N3OS2+. The molecule has 4 nitrogen and oxygen atoms in total. The van der Waals surface area contributed by atoms with Gasteiger partial charge in [-0.05, 0) is 43.4 Å². The summed E-state index contributed by atoms with van der Waals surface area (Å²) in [5.41, 5.74) is 2.58. The predicted octanol–water partition coefficient (Wildman–Crippen LogP) is 2.37. The van der Waals surface area contributed by atoms with Crippen LogP contribution in [0.2, 0.25) is 0 Å². The van der Waals surface area contributed by atoms with Crippen LogP contribution in [0, 0.1) is 6.92 Å². The smallest absolute Gasteiger partial charge is 0.169 e. The topological polar surface area (TPSA) is 28.9 Å². The molecule has 0 aliphatic carbocycles. The van der Waals surface area contributed by atoms with Crippen LogP contribution in [0.4, 0.5) is 0 Å². The molecule has 0 aromatic heterocycles. The van der Waals surface area contributed by atoms with Crippen LogP contribution in [0.1, 0.15) is 11.1 Å². The highest BCUT2D eigenvalue weighted by atomic mass is 32.2. The van der Waals surface area contributed by atoms with Crippen molar-refractivity contribution in [3.63, 3.8) is 0 Å². The zero-order valence-electron chi connectivity index (χ0n) is 16.7. The fourth-order valence-corrected chi connectivity index (χ4v) is 4.55. The minimum Gasteiger partial charge on any atom is -0.496 e. The van der Waals surface area contributed by atoms with Crippen LogP contribution in [0.15, 0.2) is 53.4 Å². The number of rotatable bonds is 7. The van der Waals surface area contributed by atoms with Gasteiger partial charge in [-0.3, -0.25) is 0 Å². The highest BCUT2D eigenvalue weighted by molar-refractivity contribution is 7.99. The summed E-state index contributed by atoms with van der Waals surface area (Å²) in [6.45, 7) is 8.23. The van der Waals surface area contributed by atoms with E-state index >= 15 is 0 Å². The van der Waals surface area contributed by atoms with Crippen molar-refractivity contribution in [3.05, 3.63) is 59.7 Å². The molecular weight excluding hydrogens is 386 g/mol. The van der Waals surface area contributed by atoms with Crippen LogP contribution in [0.5, 0.6) is 5.75 Å². The van der Waals surface area contributed by atoms with E-state index in [1.165, 1.54) is 16.0 Å². The van der Waals surface area contributed by atoms with Gasteiger partial charge in [0, 0.05) is 22.8 Å². The SMILES string of the molecule is COc1ccc(C)cc1C[NH+]1CCN(C(=S)NCCSc2ccccc2)CC1. The number of quaternary nitrogens is 1. The molecule has 3 rings (SSSR count). The second-order valence-electron chi connectivity index (χ2n) is 7.12. The highest BCUT2D eigenvalue weighted by Gasteiger charge is 2.22. The standard InChI is InChI=1S/C22H29N3OS2/c1-18-8-9-21(26-2)19(16-18)17-24-11-13-25(14-12-24)22(27)23-10-15-28-20-6-4-3-5-7-20/h3-9,16H,10-15,17H2,1-2H3,(H,23,27)/p+1. The van der Waals surface area contributed by atoms with Crippen molar-refractivity contribution >= 4 is 29.1 Å². The molecule has 1 heterocycles. The molecule has 0 amide bonds. The maximum absolute atomic E-state index is 5.61. The number of thiocarbonyl (C=S) groups is 1. The molecule has 6 heteroatoms. The monoisotopic (exact) mass is 416 g/mol. The number of aryl methyl sites for hydroxylation is 1. The molecule has 0 unspecified atom stereocenters. The van der Waals surface area contributed by atoms with Gasteiger partial charge < -0.3 is 19.9 Å². The fourth-order valence-electron chi connectivity index (χ4n) is 3.47. The molecule has 2 N–H and O–H groups in total. The number of hydrogen-bond donors (Lipinski definition) is 2. The maximum atomic E-state index is 5.61. The van der Waals surface area contributed by atoms with Gasteiger partial charge in [0.05, 0.1) is 33.3 Å². The Labute approximate surface area is 178 Å². The summed E-state index contributed by atoms with van der Waals surface area (Å²) in [5.74, 6) is 2.01. The quantitative estimate of drug-likeness (QED) is 0.411. The van der Waals surface area contributed by atoms with E-state index in [0.717, 1.165) is 55.9 Å². The highest BCUT2D eigenvalue weighted by Crippen LogP contribution is 2.18. The summed E-state index contributed by atoms with van der Waals surface area (Å²) in [7, 11) is 1.75. The Hall–Kier alpha value is -1.76. The Morgan fingerprint density at radius 2 is 1.93 bits per heavy atom. The number of nitrogens with one attached hydrogen (secondary N) is 2. The van der Waals surface area contributed by atoms with Crippen LogP contribution in [-0.4, -0.2) is 55.6 Å². The number of methoxy groups -OCH3 is 1. The Balaban J connectivity index is 1.39. The predicted molar refractivity (Wildman–Crippen MR) is 121 cm³/mol. The summed E-state index contributed by atoms with van der Waals surface area (Å²) < 4.78 is 5.53. The molecule has 1 aliphatic rings. The summed E-state index contributed by atoms with van der Waals surface area (Å²) >= 11 is 7.46. The summed E-state index contributed by atoms with van der Waals surface area (Å²) in [4.78, 5) is 5.20. The Morgan fingerprint density at radius 3 is 2.64 bits per heavy atom. The number of hydrogen-bond acceptors (Lipinski definition) is 3. The van der Waals surface area contributed by atoms with E-state index in [1.54, 1.807) is 12.0 Å². The Kier molecular flexibility index (Phi) is 8.01. The average molecular weight is 417 g/mol. The third-order valence-electron chi connectivity index (χ3n) is 5.02. The van der Waals surface area contributed by atoms with Crippen molar-refractivity contribution in [1.29, 1.82) is 0 Å². The Bertz CT molecular complexity index is 762. The summed E-state index contributed by atoms with van der Waals surface area (Å²) in [6.07, 6.45) is 0. The van der Waals surface area contributed by atoms with Gasteiger partial charge in [-0.1, -0.05) is 29.8 Å². The lowest BCUT2D eigenvalue weighted by molar-refractivity contribution is -0.917. The first-order valence-corrected chi connectivity index (χ1v) is 11.2. The van der Waals surface area contributed by atoms with E-state index in [-0.39, 0.29) is 0 Å². The lowest BCUT2D eigenvalue weighted by atomic mass is 10.1. The van der Waals surface area contributed by atoms with Crippen molar-refractivity contribution in [2.24, 2.45) is 0 Å². The first-order valence-electron chi connectivity index (χ1n) is 9.83. The molecule has 0 radical (unpaired) electrons. The van der Waals surface area contributed by atoms with Crippen molar-refractivity contribution in [2.45, 2.75) is 18.4 Å². The molecule has 0 saturated carbocycles. The normalized spacial score (nSPS) is 14.7. The van der Waals surface area contributed by atoms with Gasteiger partial charge in [-0.25, -0.2) is 0 Å². The molecule has 1 saturated heterocycles. The molecule has 28 heavy (non-hydrogen) atoms. The molecule has 2 aromatic carbocycles. The van der Waals surface area contributed by atoms with Crippen LogP contribution in [0.25, 0.3) is 0 Å². The van der Waals surface area contributed by atoms with E-state index in [9.17, 15) is 0 Å². The first kappa shape index (κ1) is 21.0. The van der Waals surface area contributed by atoms with Crippen LogP contribution < -0.4 is 15.0 Å². The van der Waals surface area contributed by atoms with E-state index < -0.39 is 0 Å². The number of thioether (sulfide) groups is 1. The molecule has 0 spiro atoms. The van der Waals surface area contributed by atoms with Crippen LogP contribution in [0.3, 0.4) is 0 Å². The van der Waals surface area contributed by atoms with E-state index in [0.29, 0.717) is 0 Å². The average Bonchev–Trinajstić information content (AvgIpc) is 2.72. The van der Waals surface area contributed by atoms with Crippen molar-refractivity contribution in [2.75, 3.05) is 45.6 Å². The second-order valence-corrected chi connectivity index (χ2v) is 8.68. The Morgan fingerprint density at radius 1 is 1.18 bits per heavy atom. The van der Waals surface area contributed by atoms with Crippen molar-refractivity contribution in [3.8, 4) is 5.75 Å². The van der Waals surface area contributed by atoms with Gasteiger partial charge in [0.1, 0.15) is 12.3 Å². The van der Waals surface area contributed by atoms with Gasteiger partial charge in [-0.15, -0.1) is 11.8 Å². The van der Waals surface area contributed by atoms with Crippen molar-refractivity contribution in [1.82, 2.24) is 10.2 Å². The second kappa shape index (κ2) is 10.7. The van der Waals surface area contributed by atoms with Crippen molar-refractivity contribution < 1.29 is 9.64 Å². The van der Waals surface area contributed by atoms with Gasteiger partial charge in [0.15, 0.2) is 5.11 Å². The summed E-state index contributed by atoms with van der Waals surface area (Å²) in [6, 6.07) is 16.9. The lowest BCUT2D eigenvalue weighted by Crippen LogP contribution is -3.13. The first-order chi connectivity index (χ1) is 13.7. The number of nitrogens with zero attached hydrogens (tertiary/aromatic N) is 1. The third-order valence-corrected chi connectivity index (χ3v) is 6.44. The molecule has 150 valence electrons. The van der Waals surface area contributed by atoms with E-state index in [4.69, 9.17) is 17.0 Å². The maximum Gasteiger partial charge on any atom is 0.169 e. The zero-order valence-corrected chi connectivity index (χ0v) is 18.4. The molecule has 2 aromatic rings. The van der Waals surface area contributed by atoms with Gasteiger partial charge in [0.25, 0.3) is 0 Å². The van der Waals surface area contributed by atoms with Crippen LogP contribution >= 0.6 is 24.0 Å². The minimum absolute atomic E-state index is 0.890. The number of ether oxygens (including phenoxy) is 1. The molecule has 1 fully saturated rings. The molecule has 1 aliphatic heterocycles. The van der Waals surface area contributed by atoms with Gasteiger partial charge in [-0.2, -0.15) is 0 Å². The lowest BCUT2D eigenvalue weighted by Gasteiger charge is -2.34. The molecule has 0 atom stereocenters. The molecule has 0 bridgehead atoms. The van der Waals surface area contributed by atoms with Gasteiger partial charge >= 0.3 is 0 Å². The summed E-state index contributed by atoms with van der Waals surface area (Å²) in [5, 5.41) is 4.31. The third kappa shape index (κ3) is 6.12. The van der Waals surface area contributed by atoms with E-state index in [1.807, 2.05) is 17.8 Å². The van der Waals surface area contributed by atoms with Gasteiger partial charge in [0.2, 0.25) is 0 Å². The largest absolute Gasteiger partial charge is 0.496 e. The van der Waals surface area contributed by atoms with Crippen LogP contribution in [-0.2, 0) is 6.54 Å². The zero-order chi connectivity index (χ0) is 19.8. The number of piperazine rings is 1. The minimum atomic E-state index is 0.890.